The first-order chi connectivity index (χ1) is 11.4. The predicted octanol–water partition coefficient (Wildman–Crippen LogP) is 3.93. The maximum Gasteiger partial charge on any atom is 0.318 e. The van der Waals surface area contributed by atoms with Crippen molar-refractivity contribution < 1.29 is 14.3 Å². The van der Waals surface area contributed by atoms with Gasteiger partial charge in [0.25, 0.3) is 0 Å². The van der Waals surface area contributed by atoms with E-state index < -0.39 is 0 Å². The summed E-state index contributed by atoms with van der Waals surface area (Å²) >= 11 is 9.12. The molecule has 1 rings (SSSR count). The van der Waals surface area contributed by atoms with Crippen LogP contribution in [-0.2, 0) is 20.2 Å². The Kier molecular flexibility index (Phi) is 9.63. The number of esters is 1. The van der Waals surface area contributed by atoms with E-state index in [1.807, 2.05) is 25.1 Å². The van der Waals surface area contributed by atoms with E-state index >= 15 is 0 Å². The molecule has 0 radical (unpaired) electrons. The van der Waals surface area contributed by atoms with E-state index in [1.54, 1.807) is 30.8 Å². The Morgan fingerprint density at radius 2 is 2.04 bits per heavy atom. The van der Waals surface area contributed by atoms with Crippen LogP contribution in [0.2, 0.25) is 0 Å². The fourth-order valence-electron chi connectivity index (χ4n) is 1.92. The average Bonchev–Trinajstić information content (AvgIpc) is 2.59. The number of halogens is 1. The topological polar surface area (TPSA) is 46.6 Å². The second-order valence-corrected chi connectivity index (χ2v) is 8.65. The summed E-state index contributed by atoms with van der Waals surface area (Å²) < 4.78 is 4.86. The molecular formula is C17H24ClNO3S2. The second kappa shape index (κ2) is 10.9. The van der Waals surface area contributed by atoms with E-state index in [0.717, 1.165) is 11.1 Å². The number of carbonyl (C=O) groups is 2. The maximum absolute atomic E-state index is 11.8. The molecule has 0 fully saturated rings. The highest BCUT2D eigenvalue weighted by molar-refractivity contribution is 8.16. The van der Waals surface area contributed by atoms with Gasteiger partial charge in [-0.05, 0) is 18.1 Å². The number of benzene rings is 1. The van der Waals surface area contributed by atoms with Gasteiger partial charge in [0, 0.05) is 32.1 Å². The standard InChI is InChI=1S/C17H24ClNO3S2/c1-12(16(21)22-4)24-17(23-9-8-15(20)19(2)3)14-7-5-6-13(10-14)11-18/h5-7,10,12,17H,8-9,11H2,1-4H3. The second-order valence-electron chi connectivity index (χ2n) is 5.42. The Bertz CT molecular complexity index is 554. The molecule has 0 heterocycles. The first-order valence-electron chi connectivity index (χ1n) is 7.58. The van der Waals surface area contributed by atoms with Crippen LogP contribution in [0.25, 0.3) is 0 Å². The maximum atomic E-state index is 11.8. The summed E-state index contributed by atoms with van der Waals surface area (Å²) in [5.41, 5.74) is 2.13. The number of amides is 1. The molecule has 24 heavy (non-hydrogen) atoms. The first-order valence-corrected chi connectivity index (χ1v) is 10.1. The number of methoxy groups -OCH3 is 1. The highest BCUT2D eigenvalue weighted by atomic mass is 35.5. The van der Waals surface area contributed by atoms with E-state index in [-0.39, 0.29) is 21.7 Å². The molecule has 0 aliphatic rings. The molecule has 2 unspecified atom stereocenters. The molecular weight excluding hydrogens is 366 g/mol. The lowest BCUT2D eigenvalue weighted by Gasteiger charge is -2.20. The monoisotopic (exact) mass is 389 g/mol. The molecule has 2 atom stereocenters. The van der Waals surface area contributed by atoms with Crippen LogP contribution in [-0.4, -0.2) is 49.0 Å². The Hall–Kier alpha value is -0.850. The van der Waals surface area contributed by atoms with E-state index in [9.17, 15) is 9.59 Å². The summed E-state index contributed by atoms with van der Waals surface area (Å²) in [7, 11) is 4.90. The number of carbonyl (C=O) groups excluding carboxylic acids is 2. The third kappa shape index (κ3) is 6.95. The van der Waals surface area contributed by atoms with Gasteiger partial charge in [0.2, 0.25) is 5.91 Å². The lowest BCUT2D eigenvalue weighted by Crippen LogP contribution is -2.22. The highest BCUT2D eigenvalue weighted by Gasteiger charge is 2.22. The zero-order chi connectivity index (χ0) is 18.1. The van der Waals surface area contributed by atoms with Gasteiger partial charge in [0.05, 0.1) is 11.7 Å². The zero-order valence-corrected chi connectivity index (χ0v) is 16.8. The fourth-order valence-corrected chi connectivity index (χ4v) is 4.92. The van der Waals surface area contributed by atoms with Crippen LogP contribution in [0.1, 0.15) is 29.1 Å². The van der Waals surface area contributed by atoms with Gasteiger partial charge in [-0.15, -0.1) is 35.1 Å². The number of hydrogen-bond donors (Lipinski definition) is 0. The van der Waals surface area contributed by atoms with E-state index in [4.69, 9.17) is 16.3 Å². The minimum Gasteiger partial charge on any atom is -0.468 e. The normalized spacial score (nSPS) is 13.2. The van der Waals surface area contributed by atoms with Crippen LogP contribution in [0.15, 0.2) is 24.3 Å². The first kappa shape index (κ1) is 21.2. The van der Waals surface area contributed by atoms with Crippen molar-refractivity contribution in [1.82, 2.24) is 4.90 Å². The molecule has 4 nitrogen and oxygen atoms in total. The van der Waals surface area contributed by atoms with Crippen molar-refractivity contribution in [2.45, 2.75) is 29.1 Å². The molecule has 0 aliphatic heterocycles. The van der Waals surface area contributed by atoms with Crippen molar-refractivity contribution in [2.75, 3.05) is 27.0 Å². The highest BCUT2D eigenvalue weighted by Crippen LogP contribution is 2.42. The summed E-state index contributed by atoms with van der Waals surface area (Å²) in [4.78, 5) is 25.1. The van der Waals surface area contributed by atoms with Crippen LogP contribution >= 0.6 is 35.1 Å². The van der Waals surface area contributed by atoms with Crippen molar-refractivity contribution >= 4 is 47.0 Å². The van der Waals surface area contributed by atoms with Crippen molar-refractivity contribution in [2.24, 2.45) is 0 Å². The van der Waals surface area contributed by atoms with Gasteiger partial charge in [-0.1, -0.05) is 24.3 Å². The number of nitrogens with zero attached hydrogens (tertiary/aromatic N) is 1. The van der Waals surface area contributed by atoms with Gasteiger partial charge in [-0.2, -0.15) is 0 Å². The van der Waals surface area contributed by atoms with Gasteiger partial charge < -0.3 is 9.64 Å². The van der Waals surface area contributed by atoms with Gasteiger partial charge in [0.15, 0.2) is 0 Å². The Labute approximate surface area is 157 Å². The summed E-state index contributed by atoms with van der Waals surface area (Å²) in [6.07, 6.45) is 0.469. The number of alkyl halides is 1. The molecule has 0 aromatic heterocycles. The van der Waals surface area contributed by atoms with E-state index in [2.05, 4.69) is 6.07 Å². The summed E-state index contributed by atoms with van der Waals surface area (Å²) in [5, 5.41) is -0.281. The molecule has 1 aromatic carbocycles. The molecule has 0 aliphatic carbocycles. The smallest absolute Gasteiger partial charge is 0.318 e. The molecule has 0 spiro atoms. The molecule has 0 bridgehead atoms. The fraction of sp³-hybridized carbons (Fsp3) is 0.529. The summed E-state index contributed by atoms with van der Waals surface area (Å²) in [6, 6.07) is 8.02. The Morgan fingerprint density at radius 3 is 2.62 bits per heavy atom. The minimum atomic E-state index is -0.281. The molecule has 134 valence electrons. The molecule has 0 N–H and O–H groups in total. The van der Waals surface area contributed by atoms with Crippen molar-refractivity contribution in [3.05, 3.63) is 35.4 Å². The van der Waals surface area contributed by atoms with Crippen LogP contribution in [0.5, 0.6) is 0 Å². The van der Waals surface area contributed by atoms with E-state index in [0.29, 0.717) is 18.1 Å². The molecule has 7 heteroatoms. The van der Waals surface area contributed by atoms with Crippen LogP contribution in [0.3, 0.4) is 0 Å². The van der Waals surface area contributed by atoms with Crippen LogP contribution in [0.4, 0.5) is 0 Å². The lowest BCUT2D eigenvalue weighted by molar-refractivity contribution is -0.139. The van der Waals surface area contributed by atoms with Gasteiger partial charge >= 0.3 is 5.97 Å². The van der Waals surface area contributed by atoms with Crippen LogP contribution < -0.4 is 0 Å². The zero-order valence-electron chi connectivity index (χ0n) is 14.5. The van der Waals surface area contributed by atoms with Crippen molar-refractivity contribution in [1.29, 1.82) is 0 Å². The molecule has 1 aromatic rings. The van der Waals surface area contributed by atoms with Gasteiger partial charge in [-0.3, -0.25) is 9.59 Å². The minimum absolute atomic E-state index is 0.0391. The summed E-state index contributed by atoms with van der Waals surface area (Å²) in [6.45, 7) is 1.83. The quantitative estimate of drug-likeness (QED) is 0.364. The number of thioether (sulfide) groups is 2. The molecule has 0 saturated carbocycles. The summed E-state index contributed by atoms with van der Waals surface area (Å²) in [5.74, 6) is 0.986. The third-order valence-corrected chi connectivity index (χ3v) is 6.51. The van der Waals surface area contributed by atoms with Crippen molar-refractivity contribution in [3.63, 3.8) is 0 Å². The number of hydrogen-bond acceptors (Lipinski definition) is 5. The number of rotatable bonds is 9. The molecule has 1 amide bonds. The average molecular weight is 390 g/mol. The van der Waals surface area contributed by atoms with E-state index in [1.165, 1.54) is 18.9 Å². The van der Waals surface area contributed by atoms with Crippen molar-refractivity contribution in [3.8, 4) is 0 Å². The SMILES string of the molecule is COC(=O)C(C)SC(SCCC(=O)N(C)C)c1cccc(CCl)c1. The molecule has 0 saturated heterocycles. The Balaban J connectivity index is 2.82. The van der Waals surface area contributed by atoms with Crippen LogP contribution in [0, 0.1) is 0 Å². The number of ether oxygens (including phenoxy) is 1. The lowest BCUT2D eigenvalue weighted by atomic mass is 10.2. The largest absolute Gasteiger partial charge is 0.468 e. The Morgan fingerprint density at radius 1 is 1.33 bits per heavy atom. The third-order valence-electron chi connectivity index (χ3n) is 3.32. The van der Waals surface area contributed by atoms with Gasteiger partial charge in [0.1, 0.15) is 5.25 Å². The van der Waals surface area contributed by atoms with Gasteiger partial charge in [-0.25, -0.2) is 0 Å². The predicted molar refractivity (Wildman–Crippen MR) is 104 cm³/mol.